The minimum absolute atomic E-state index is 0.468. The van der Waals surface area contributed by atoms with Crippen LogP contribution in [0.4, 0.5) is 17.8 Å². The number of rotatable bonds is 8. The molecule has 32 heavy (non-hydrogen) atoms. The molecule has 0 spiro atoms. The molecule has 0 amide bonds. The molecule has 9 heteroatoms. The Morgan fingerprint density at radius 1 is 0.906 bits per heavy atom. The summed E-state index contributed by atoms with van der Waals surface area (Å²) in [6.45, 7) is 6.45. The van der Waals surface area contributed by atoms with E-state index in [1.165, 1.54) is 38.5 Å². The summed E-state index contributed by atoms with van der Waals surface area (Å²) in [6.07, 6.45) is 8.95. The standard InChI is InChI=1S/C23H33N7O2/c1-3-32-20-16-18(10-11-19(20)31-2)17-24-28-21-25-22(29-12-6-4-7-13-29)27-23(26-21)30-14-8-5-9-15-30/h10-11,16-17H,3-9,12-15H2,1-2H3,(H,25,26,27,28)/b24-17-. The molecule has 9 nitrogen and oxygen atoms in total. The third kappa shape index (κ3) is 5.57. The third-order valence-corrected chi connectivity index (χ3v) is 5.76. The second-order valence-corrected chi connectivity index (χ2v) is 8.07. The van der Waals surface area contributed by atoms with Gasteiger partial charge in [0.15, 0.2) is 11.5 Å². The normalized spacial score (nSPS) is 16.9. The van der Waals surface area contributed by atoms with Crippen molar-refractivity contribution in [3.05, 3.63) is 23.8 Å². The van der Waals surface area contributed by atoms with Gasteiger partial charge in [0.25, 0.3) is 0 Å². The van der Waals surface area contributed by atoms with Crippen LogP contribution < -0.4 is 24.7 Å². The maximum absolute atomic E-state index is 5.65. The van der Waals surface area contributed by atoms with E-state index in [0.717, 1.165) is 43.6 Å². The number of benzene rings is 1. The fraction of sp³-hybridized carbons (Fsp3) is 0.565. The Kier molecular flexibility index (Phi) is 7.58. The van der Waals surface area contributed by atoms with Crippen LogP contribution in [0.5, 0.6) is 11.5 Å². The van der Waals surface area contributed by atoms with Gasteiger partial charge in [0.1, 0.15) is 0 Å². The zero-order valence-electron chi connectivity index (χ0n) is 19.1. The lowest BCUT2D eigenvalue weighted by Crippen LogP contribution is -2.34. The molecule has 2 aliphatic heterocycles. The smallest absolute Gasteiger partial charge is 0.250 e. The highest BCUT2D eigenvalue weighted by Gasteiger charge is 2.20. The van der Waals surface area contributed by atoms with E-state index < -0.39 is 0 Å². The summed E-state index contributed by atoms with van der Waals surface area (Å²) in [5.41, 5.74) is 3.91. The monoisotopic (exact) mass is 439 g/mol. The van der Waals surface area contributed by atoms with Crippen LogP contribution in [-0.2, 0) is 0 Å². The van der Waals surface area contributed by atoms with Crippen molar-refractivity contribution < 1.29 is 9.47 Å². The molecule has 1 aromatic heterocycles. The molecule has 1 N–H and O–H groups in total. The third-order valence-electron chi connectivity index (χ3n) is 5.76. The molecule has 2 saturated heterocycles. The summed E-state index contributed by atoms with van der Waals surface area (Å²) >= 11 is 0. The van der Waals surface area contributed by atoms with Gasteiger partial charge < -0.3 is 19.3 Å². The molecule has 2 aliphatic rings. The van der Waals surface area contributed by atoms with Gasteiger partial charge in [0.05, 0.1) is 19.9 Å². The summed E-state index contributed by atoms with van der Waals surface area (Å²) in [5, 5.41) is 4.38. The number of nitrogens with one attached hydrogen (secondary N) is 1. The second kappa shape index (κ2) is 11.0. The molecule has 1 aromatic carbocycles. The number of hydrogen-bond acceptors (Lipinski definition) is 9. The van der Waals surface area contributed by atoms with Crippen LogP contribution >= 0.6 is 0 Å². The van der Waals surface area contributed by atoms with Crippen molar-refractivity contribution in [3.8, 4) is 11.5 Å². The van der Waals surface area contributed by atoms with E-state index in [2.05, 4.69) is 30.3 Å². The van der Waals surface area contributed by atoms with E-state index >= 15 is 0 Å². The van der Waals surface area contributed by atoms with Gasteiger partial charge in [0, 0.05) is 26.2 Å². The molecular formula is C23H33N7O2. The van der Waals surface area contributed by atoms with Crippen molar-refractivity contribution in [2.24, 2.45) is 5.10 Å². The van der Waals surface area contributed by atoms with E-state index in [0.29, 0.717) is 24.1 Å². The summed E-state index contributed by atoms with van der Waals surface area (Å²) in [6, 6.07) is 5.70. The van der Waals surface area contributed by atoms with Crippen LogP contribution in [0.25, 0.3) is 0 Å². The molecular weight excluding hydrogens is 406 g/mol. The van der Waals surface area contributed by atoms with Gasteiger partial charge in [-0.05, 0) is 69.2 Å². The first-order valence-electron chi connectivity index (χ1n) is 11.6. The summed E-state index contributed by atoms with van der Waals surface area (Å²) < 4.78 is 11.0. The molecule has 0 unspecified atom stereocenters. The van der Waals surface area contributed by atoms with Gasteiger partial charge in [-0.1, -0.05) is 0 Å². The molecule has 2 fully saturated rings. The summed E-state index contributed by atoms with van der Waals surface area (Å²) in [4.78, 5) is 18.6. The van der Waals surface area contributed by atoms with Crippen molar-refractivity contribution in [1.29, 1.82) is 0 Å². The highest BCUT2D eigenvalue weighted by atomic mass is 16.5. The van der Waals surface area contributed by atoms with Crippen molar-refractivity contribution >= 4 is 24.1 Å². The highest BCUT2D eigenvalue weighted by Crippen LogP contribution is 2.27. The molecule has 0 radical (unpaired) electrons. The van der Waals surface area contributed by atoms with E-state index in [1.54, 1.807) is 13.3 Å². The average molecular weight is 440 g/mol. The van der Waals surface area contributed by atoms with Gasteiger partial charge in [-0.25, -0.2) is 5.43 Å². The first-order chi connectivity index (χ1) is 15.8. The number of ether oxygens (including phenoxy) is 2. The van der Waals surface area contributed by atoms with E-state index in [-0.39, 0.29) is 0 Å². The SMILES string of the molecule is CCOc1cc(/C=N\Nc2nc(N3CCCCC3)nc(N3CCCCC3)n2)ccc1OC. The Bertz CT molecular complexity index is 873. The first kappa shape index (κ1) is 22.1. The number of hydrazone groups is 1. The topological polar surface area (TPSA) is 88.0 Å². The molecule has 0 aliphatic carbocycles. The highest BCUT2D eigenvalue weighted by molar-refractivity contribution is 5.81. The minimum Gasteiger partial charge on any atom is -0.493 e. The van der Waals surface area contributed by atoms with Gasteiger partial charge in [-0.15, -0.1) is 0 Å². The van der Waals surface area contributed by atoms with E-state index in [4.69, 9.17) is 14.5 Å². The van der Waals surface area contributed by atoms with Gasteiger partial charge in [0.2, 0.25) is 17.8 Å². The van der Waals surface area contributed by atoms with Crippen molar-refractivity contribution in [2.75, 3.05) is 55.1 Å². The summed E-state index contributed by atoms with van der Waals surface area (Å²) in [5.74, 6) is 3.34. The van der Waals surface area contributed by atoms with Crippen LogP contribution in [0.2, 0.25) is 0 Å². The largest absolute Gasteiger partial charge is 0.493 e. The number of piperidine rings is 2. The predicted octanol–water partition coefficient (Wildman–Crippen LogP) is 3.71. The number of aromatic nitrogens is 3. The van der Waals surface area contributed by atoms with Crippen LogP contribution in [0.1, 0.15) is 51.0 Å². The zero-order valence-corrected chi connectivity index (χ0v) is 19.1. The van der Waals surface area contributed by atoms with Crippen molar-refractivity contribution in [3.63, 3.8) is 0 Å². The van der Waals surface area contributed by atoms with Crippen LogP contribution in [0.3, 0.4) is 0 Å². The molecule has 2 aromatic rings. The minimum atomic E-state index is 0.468. The molecule has 0 saturated carbocycles. The Morgan fingerprint density at radius 2 is 1.53 bits per heavy atom. The van der Waals surface area contributed by atoms with Crippen molar-refractivity contribution in [1.82, 2.24) is 15.0 Å². The maximum Gasteiger partial charge on any atom is 0.250 e. The lowest BCUT2D eigenvalue weighted by atomic mass is 10.1. The Morgan fingerprint density at radius 3 is 2.09 bits per heavy atom. The summed E-state index contributed by atoms with van der Waals surface area (Å²) in [7, 11) is 1.63. The molecule has 3 heterocycles. The van der Waals surface area contributed by atoms with Crippen LogP contribution in [-0.4, -0.2) is 61.1 Å². The van der Waals surface area contributed by atoms with Gasteiger partial charge >= 0.3 is 0 Å². The van der Waals surface area contributed by atoms with Crippen molar-refractivity contribution in [2.45, 2.75) is 45.4 Å². The Labute approximate surface area is 189 Å². The average Bonchev–Trinajstić information content (AvgIpc) is 2.85. The number of methoxy groups -OCH3 is 1. The molecule has 4 rings (SSSR count). The zero-order chi connectivity index (χ0) is 22.2. The lowest BCUT2D eigenvalue weighted by Gasteiger charge is -2.30. The van der Waals surface area contributed by atoms with E-state index in [1.807, 2.05) is 25.1 Å². The van der Waals surface area contributed by atoms with Gasteiger partial charge in [-0.2, -0.15) is 20.1 Å². The fourth-order valence-electron chi connectivity index (χ4n) is 4.08. The number of nitrogens with zero attached hydrogens (tertiary/aromatic N) is 6. The quantitative estimate of drug-likeness (QED) is 0.492. The predicted molar refractivity (Wildman–Crippen MR) is 127 cm³/mol. The number of hydrogen-bond donors (Lipinski definition) is 1. The van der Waals surface area contributed by atoms with Crippen LogP contribution in [0, 0.1) is 0 Å². The molecule has 0 bridgehead atoms. The van der Waals surface area contributed by atoms with Gasteiger partial charge in [-0.3, -0.25) is 0 Å². The maximum atomic E-state index is 5.65. The first-order valence-corrected chi connectivity index (χ1v) is 11.6. The Hall–Kier alpha value is -3.10. The molecule has 0 atom stereocenters. The molecule has 172 valence electrons. The second-order valence-electron chi connectivity index (χ2n) is 8.07. The lowest BCUT2D eigenvalue weighted by molar-refractivity contribution is 0.311. The fourth-order valence-corrected chi connectivity index (χ4v) is 4.08. The van der Waals surface area contributed by atoms with E-state index in [9.17, 15) is 0 Å². The number of anilines is 3. The Balaban J connectivity index is 1.53. The van der Waals surface area contributed by atoms with Crippen LogP contribution in [0.15, 0.2) is 23.3 Å².